The molecule has 3 N–H and O–H groups in total. The summed E-state index contributed by atoms with van der Waals surface area (Å²) in [6.45, 7) is 1.32. The van der Waals surface area contributed by atoms with Gasteiger partial charge in [0.15, 0.2) is 0 Å². The van der Waals surface area contributed by atoms with Crippen LogP contribution in [-0.2, 0) is 14.4 Å². The highest BCUT2D eigenvalue weighted by Crippen LogP contribution is 2.23. The number of carboxylic acids is 1. The molecule has 1 aliphatic heterocycles. The van der Waals surface area contributed by atoms with Gasteiger partial charge in [-0.2, -0.15) is 0 Å². The molecule has 2 aliphatic rings. The minimum absolute atomic E-state index is 0.0452. The maximum atomic E-state index is 12.1. The Labute approximate surface area is 149 Å². The highest BCUT2D eigenvalue weighted by Gasteiger charge is 2.38. The van der Waals surface area contributed by atoms with Gasteiger partial charge in [0.05, 0.1) is 6.54 Å². The van der Waals surface area contributed by atoms with Gasteiger partial charge >= 0.3 is 5.97 Å². The second-order valence-corrected chi connectivity index (χ2v) is 7.05. The third kappa shape index (κ3) is 7.39. The zero-order valence-corrected chi connectivity index (χ0v) is 15.2. The average molecular weight is 357 g/mol. The molecule has 1 saturated heterocycles. The summed E-state index contributed by atoms with van der Waals surface area (Å²) in [4.78, 5) is 35.7. The highest BCUT2D eigenvalue weighted by molar-refractivity contribution is 5.80. The van der Waals surface area contributed by atoms with E-state index < -0.39 is 12.0 Å². The molecule has 25 heavy (non-hydrogen) atoms. The van der Waals surface area contributed by atoms with Crippen molar-refractivity contribution >= 4 is 18.3 Å². The lowest BCUT2D eigenvalue weighted by Crippen LogP contribution is -2.44. The minimum Gasteiger partial charge on any atom is -0.483 e. The fraction of sp³-hybridized carbons (Fsp3) is 0.824. The van der Waals surface area contributed by atoms with Gasteiger partial charge in [-0.05, 0) is 39.3 Å². The lowest BCUT2D eigenvalue weighted by Gasteiger charge is -2.24. The number of nitrogens with zero attached hydrogens (tertiary/aromatic N) is 2. The third-order valence-electron chi connectivity index (χ3n) is 5.06. The van der Waals surface area contributed by atoms with Crippen molar-refractivity contribution in [1.29, 1.82) is 0 Å². The summed E-state index contributed by atoms with van der Waals surface area (Å²) in [7, 11) is 3.91. The second kappa shape index (κ2) is 11.0. The van der Waals surface area contributed by atoms with Crippen molar-refractivity contribution in [2.45, 2.75) is 50.6 Å². The van der Waals surface area contributed by atoms with Gasteiger partial charge in [0.1, 0.15) is 6.04 Å². The summed E-state index contributed by atoms with van der Waals surface area (Å²) < 4.78 is 0. The van der Waals surface area contributed by atoms with Crippen LogP contribution in [0.15, 0.2) is 0 Å². The van der Waals surface area contributed by atoms with Gasteiger partial charge in [0.2, 0.25) is 5.91 Å². The van der Waals surface area contributed by atoms with Crippen molar-refractivity contribution in [2.24, 2.45) is 5.92 Å². The van der Waals surface area contributed by atoms with Crippen molar-refractivity contribution in [2.75, 3.05) is 33.7 Å². The Morgan fingerprint density at radius 1 is 1.24 bits per heavy atom. The van der Waals surface area contributed by atoms with Crippen molar-refractivity contribution in [1.82, 2.24) is 15.1 Å². The minimum atomic E-state index is -0.829. The molecule has 1 amide bonds. The molecule has 0 aromatic carbocycles. The summed E-state index contributed by atoms with van der Waals surface area (Å²) in [5.41, 5.74) is 0. The second-order valence-electron chi connectivity index (χ2n) is 7.05. The first-order chi connectivity index (χ1) is 11.9. The van der Waals surface area contributed by atoms with Crippen LogP contribution < -0.4 is 5.32 Å². The topological polar surface area (TPSA) is 110 Å². The number of carboxylic acid groups (broad SMARTS) is 2. The van der Waals surface area contributed by atoms with Crippen LogP contribution in [0.1, 0.15) is 38.5 Å². The molecule has 8 nitrogen and oxygen atoms in total. The number of likely N-dealkylation sites (tertiary alicyclic amines) is 1. The number of rotatable bonds is 6. The molecule has 8 heteroatoms. The van der Waals surface area contributed by atoms with E-state index in [1.165, 1.54) is 32.1 Å². The number of nitrogens with one attached hydrogen (secondary N) is 1. The average Bonchev–Trinajstić information content (AvgIpc) is 2.99. The summed E-state index contributed by atoms with van der Waals surface area (Å²) >= 11 is 0. The highest BCUT2D eigenvalue weighted by atomic mass is 16.4. The van der Waals surface area contributed by atoms with Crippen LogP contribution in [0.25, 0.3) is 0 Å². The quantitative estimate of drug-likeness (QED) is 0.593. The number of amides is 1. The molecule has 2 atom stereocenters. The lowest BCUT2D eigenvalue weighted by atomic mass is 9.89. The first-order valence-electron chi connectivity index (χ1n) is 8.86. The van der Waals surface area contributed by atoms with Crippen molar-refractivity contribution < 1.29 is 24.6 Å². The predicted octanol–water partition coefficient (Wildman–Crippen LogP) is 0.473. The number of carbonyl (C=O) groups is 3. The van der Waals surface area contributed by atoms with Crippen LogP contribution in [0.3, 0.4) is 0 Å². The van der Waals surface area contributed by atoms with Gasteiger partial charge in [-0.1, -0.05) is 19.3 Å². The Balaban J connectivity index is 0.000000970. The zero-order valence-electron chi connectivity index (χ0n) is 15.2. The Hall–Kier alpha value is -1.67. The van der Waals surface area contributed by atoms with Crippen LogP contribution in [-0.4, -0.2) is 84.2 Å². The largest absolute Gasteiger partial charge is 0.483 e. The molecule has 2 fully saturated rings. The van der Waals surface area contributed by atoms with Crippen molar-refractivity contribution in [3.63, 3.8) is 0 Å². The molecule has 0 aromatic rings. The molecule has 0 unspecified atom stereocenters. The van der Waals surface area contributed by atoms with Crippen molar-refractivity contribution in [3.05, 3.63) is 0 Å². The van der Waals surface area contributed by atoms with Crippen LogP contribution in [0.5, 0.6) is 0 Å². The number of aliphatic carboxylic acids is 1. The predicted molar refractivity (Wildman–Crippen MR) is 93.4 cm³/mol. The van der Waals surface area contributed by atoms with Gasteiger partial charge in [-0.15, -0.1) is 0 Å². The summed E-state index contributed by atoms with van der Waals surface area (Å²) in [5.74, 6) is -0.276. The Kier molecular flexibility index (Phi) is 9.44. The number of hydrogen-bond donors (Lipinski definition) is 3. The maximum Gasteiger partial charge on any atom is 0.320 e. The van der Waals surface area contributed by atoms with Gasteiger partial charge < -0.3 is 20.4 Å². The van der Waals surface area contributed by atoms with E-state index in [0.717, 1.165) is 6.54 Å². The molecule has 1 heterocycles. The molecule has 2 rings (SSSR count). The van der Waals surface area contributed by atoms with E-state index in [4.69, 9.17) is 9.90 Å². The van der Waals surface area contributed by atoms with Gasteiger partial charge in [-0.25, -0.2) is 0 Å². The molecular weight excluding hydrogens is 326 g/mol. The fourth-order valence-electron chi connectivity index (χ4n) is 3.57. The first-order valence-corrected chi connectivity index (χ1v) is 8.86. The van der Waals surface area contributed by atoms with Crippen LogP contribution in [0.2, 0.25) is 0 Å². The van der Waals surface area contributed by atoms with E-state index in [-0.39, 0.29) is 25.0 Å². The molecule has 0 radical (unpaired) electrons. The summed E-state index contributed by atoms with van der Waals surface area (Å²) in [6.07, 6.45) is 6.81. The molecule has 0 bridgehead atoms. The summed E-state index contributed by atoms with van der Waals surface area (Å²) in [5, 5.41) is 19.2. The molecule has 1 saturated carbocycles. The number of carbonyl (C=O) groups excluding carboxylic acids is 1. The normalized spacial score (nSPS) is 24.4. The Bertz CT molecular complexity index is 438. The molecule has 144 valence electrons. The monoisotopic (exact) mass is 357 g/mol. The van der Waals surface area contributed by atoms with Crippen LogP contribution in [0, 0.1) is 5.92 Å². The Morgan fingerprint density at radius 2 is 1.84 bits per heavy atom. The van der Waals surface area contributed by atoms with E-state index in [1.807, 2.05) is 19.0 Å². The SMILES string of the molecule is CN(C)[C@@H]1C[C@@H](C(=O)O)N(CC(=O)NCC2CCCCC2)C1.O=CO. The Morgan fingerprint density at radius 3 is 2.36 bits per heavy atom. The van der Waals surface area contributed by atoms with Gasteiger partial charge in [0, 0.05) is 19.1 Å². The smallest absolute Gasteiger partial charge is 0.320 e. The first kappa shape index (κ1) is 21.4. The zero-order chi connectivity index (χ0) is 18.8. The fourth-order valence-corrected chi connectivity index (χ4v) is 3.57. The number of likely N-dealkylation sites (N-methyl/N-ethyl adjacent to an activating group) is 1. The van der Waals surface area contributed by atoms with Crippen molar-refractivity contribution in [3.8, 4) is 0 Å². The van der Waals surface area contributed by atoms with Gasteiger partial charge in [0.25, 0.3) is 6.47 Å². The maximum absolute atomic E-state index is 12.1. The molecule has 0 aromatic heterocycles. The lowest BCUT2D eigenvalue weighted by molar-refractivity contribution is -0.142. The van der Waals surface area contributed by atoms with E-state index in [2.05, 4.69) is 5.32 Å². The van der Waals surface area contributed by atoms with Crippen LogP contribution >= 0.6 is 0 Å². The number of hydrogen-bond acceptors (Lipinski definition) is 5. The summed E-state index contributed by atoms with van der Waals surface area (Å²) in [6, 6.07) is -0.347. The van der Waals surface area contributed by atoms with E-state index in [9.17, 15) is 14.7 Å². The molecule has 0 spiro atoms. The van der Waals surface area contributed by atoms with E-state index in [0.29, 0.717) is 18.9 Å². The van der Waals surface area contributed by atoms with E-state index >= 15 is 0 Å². The standard InChI is InChI=1S/C16H29N3O3.CH2O2/c1-18(2)13-8-14(16(21)22)19(10-13)11-15(20)17-9-12-6-4-3-5-7-12;2-1-3/h12-14H,3-11H2,1-2H3,(H,17,20)(H,21,22);1H,(H,2,3)/t13-,14+;/m1./s1. The van der Waals surface area contributed by atoms with E-state index in [1.54, 1.807) is 4.90 Å². The third-order valence-corrected chi connectivity index (χ3v) is 5.06. The van der Waals surface area contributed by atoms with Gasteiger partial charge in [-0.3, -0.25) is 19.3 Å². The molecule has 1 aliphatic carbocycles. The molecular formula is C17H31N3O5. The van der Waals surface area contributed by atoms with Crippen LogP contribution in [0.4, 0.5) is 0 Å².